The number of hydrogen-bond donors (Lipinski definition) is 1. The SMILES string of the molecule is c1ccc(C2CN(c3ccc4sccc4c3)CCN2)cc1. The first-order chi connectivity index (χ1) is 10.4. The summed E-state index contributed by atoms with van der Waals surface area (Å²) in [6.07, 6.45) is 0. The van der Waals surface area contributed by atoms with Gasteiger partial charge in [-0.2, -0.15) is 0 Å². The van der Waals surface area contributed by atoms with Crippen molar-refractivity contribution >= 4 is 27.1 Å². The number of thiophene rings is 1. The zero-order valence-electron chi connectivity index (χ0n) is 11.8. The van der Waals surface area contributed by atoms with Crippen LogP contribution in [0.25, 0.3) is 10.1 Å². The van der Waals surface area contributed by atoms with E-state index in [4.69, 9.17) is 0 Å². The molecule has 4 rings (SSSR count). The highest BCUT2D eigenvalue weighted by atomic mass is 32.1. The van der Waals surface area contributed by atoms with Gasteiger partial charge in [0.2, 0.25) is 0 Å². The molecule has 1 aromatic heterocycles. The second-order valence-corrected chi connectivity index (χ2v) is 6.45. The van der Waals surface area contributed by atoms with Crippen molar-refractivity contribution in [3.05, 3.63) is 65.5 Å². The third-order valence-corrected chi connectivity index (χ3v) is 5.08. The van der Waals surface area contributed by atoms with E-state index in [0.717, 1.165) is 19.6 Å². The highest BCUT2D eigenvalue weighted by Gasteiger charge is 2.20. The normalized spacial score (nSPS) is 19.0. The number of hydrogen-bond acceptors (Lipinski definition) is 3. The number of nitrogens with zero attached hydrogens (tertiary/aromatic N) is 1. The van der Waals surface area contributed by atoms with Gasteiger partial charge < -0.3 is 10.2 Å². The third-order valence-electron chi connectivity index (χ3n) is 4.18. The number of piperazine rings is 1. The van der Waals surface area contributed by atoms with Gasteiger partial charge in [0.1, 0.15) is 0 Å². The molecule has 0 spiro atoms. The fourth-order valence-electron chi connectivity index (χ4n) is 3.04. The number of rotatable bonds is 2. The predicted octanol–water partition coefficient (Wildman–Crippen LogP) is 4.05. The van der Waals surface area contributed by atoms with E-state index in [9.17, 15) is 0 Å². The summed E-state index contributed by atoms with van der Waals surface area (Å²) < 4.78 is 1.37. The number of fused-ring (bicyclic) bond motifs is 1. The number of nitrogens with one attached hydrogen (secondary N) is 1. The molecule has 1 unspecified atom stereocenters. The van der Waals surface area contributed by atoms with Gasteiger partial charge in [-0.15, -0.1) is 11.3 Å². The van der Waals surface area contributed by atoms with E-state index in [0.29, 0.717) is 6.04 Å². The Balaban J connectivity index is 1.60. The van der Waals surface area contributed by atoms with Crippen LogP contribution < -0.4 is 10.2 Å². The number of anilines is 1. The molecule has 0 aliphatic carbocycles. The quantitative estimate of drug-likeness (QED) is 0.767. The summed E-state index contributed by atoms with van der Waals surface area (Å²) >= 11 is 1.81. The van der Waals surface area contributed by atoms with Crippen LogP contribution in [0.2, 0.25) is 0 Å². The molecule has 3 aromatic rings. The van der Waals surface area contributed by atoms with Crippen LogP contribution in [0.1, 0.15) is 11.6 Å². The van der Waals surface area contributed by atoms with Crippen LogP contribution in [-0.4, -0.2) is 19.6 Å². The van der Waals surface area contributed by atoms with Gasteiger partial charge in [-0.05, 0) is 40.6 Å². The fourth-order valence-corrected chi connectivity index (χ4v) is 3.81. The van der Waals surface area contributed by atoms with Gasteiger partial charge in [0, 0.05) is 36.1 Å². The molecule has 1 fully saturated rings. The molecule has 2 nitrogen and oxygen atoms in total. The third kappa shape index (κ3) is 2.55. The summed E-state index contributed by atoms with van der Waals surface area (Å²) in [5, 5.41) is 7.15. The largest absolute Gasteiger partial charge is 0.368 e. The zero-order valence-corrected chi connectivity index (χ0v) is 12.6. The lowest BCUT2D eigenvalue weighted by atomic mass is 10.0. The van der Waals surface area contributed by atoms with Crippen molar-refractivity contribution in [2.45, 2.75) is 6.04 Å². The molecule has 1 saturated heterocycles. The summed E-state index contributed by atoms with van der Waals surface area (Å²) in [5.74, 6) is 0. The van der Waals surface area contributed by atoms with Crippen LogP contribution in [0.4, 0.5) is 5.69 Å². The van der Waals surface area contributed by atoms with E-state index in [2.05, 4.69) is 70.2 Å². The van der Waals surface area contributed by atoms with Crippen LogP contribution in [0.5, 0.6) is 0 Å². The predicted molar refractivity (Wildman–Crippen MR) is 91.2 cm³/mol. The molecule has 0 radical (unpaired) electrons. The Kier molecular flexibility index (Phi) is 3.37. The average molecular weight is 294 g/mol. The molecule has 1 atom stereocenters. The van der Waals surface area contributed by atoms with E-state index >= 15 is 0 Å². The minimum atomic E-state index is 0.415. The lowest BCUT2D eigenvalue weighted by molar-refractivity contribution is 0.472. The summed E-state index contributed by atoms with van der Waals surface area (Å²) in [4.78, 5) is 2.49. The molecule has 0 amide bonds. The van der Waals surface area contributed by atoms with Crippen LogP contribution in [-0.2, 0) is 0 Å². The molecule has 0 saturated carbocycles. The highest BCUT2D eigenvalue weighted by Crippen LogP contribution is 2.28. The van der Waals surface area contributed by atoms with Gasteiger partial charge >= 0.3 is 0 Å². The topological polar surface area (TPSA) is 15.3 Å². The van der Waals surface area contributed by atoms with Gasteiger partial charge in [-0.1, -0.05) is 30.3 Å². The van der Waals surface area contributed by atoms with Crippen molar-refractivity contribution in [1.82, 2.24) is 5.32 Å². The van der Waals surface area contributed by atoms with Crippen molar-refractivity contribution < 1.29 is 0 Å². The van der Waals surface area contributed by atoms with E-state index in [1.807, 2.05) is 11.3 Å². The molecule has 2 aromatic carbocycles. The Labute approximate surface area is 129 Å². The van der Waals surface area contributed by atoms with Gasteiger partial charge in [-0.3, -0.25) is 0 Å². The maximum atomic E-state index is 3.63. The number of benzene rings is 2. The molecule has 21 heavy (non-hydrogen) atoms. The highest BCUT2D eigenvalue weighted by molar-refractivity contribution is 7.17. The molecule has 1 aliphatic heterocycles. The maximum absolute atomic E-state index is 3.63. The lowest BCUT2D eigenvalue weighted by Crippen LogP contribution is -2.45. The monoisotopic (exact) mass is 294 g/mol. The Bertz CT molecular complexity index is 735. The van der Waals surface area contributed by atoms with Crippen molar-refractivity contribution in [3.63, 3.8) is 0 Å². The molecule has 2 heterocycles. The smallest absolute Gasteiger partial charge is 0.0498 e. The van der Waals surface area contributed by atoms with Crippen molar-refractivity contribution in [2.75, 3.05) is 24.5 Å². The molecule has 1 N–H and O–H groups in total. The van der Waals surface area contributed by atoms with E-state index in [1.165, 1.54) is 21.3 Å². The van der Waals surface area contributed by atoms with Crippen LogP contribution in [0, 0.1) is 0 Å². The van der Waals surface area contributed by atoms with Crippen molar-refractivity contribution in [1.29, 1.82) is 0 Å². The molecular formula is C18H18N2S. The Morgan fingerprint density at radius 1 is 1.05 bits per heavy atom. The maximum Gasteiger partial charge on any atom is 0.0498 e. The molecular weight excluding hydrogens is 276 g/mol. The standard InChI is InChI=1S/C18H18N2S/c1-2-4-14(5-3-1)17-13-20(10-9-19-17)16-6-7-18-15(12-16)8-11-21-18/h1-8,11-12,17,19H,9-10,13H2. The second-order valence-electron chi connectivity index (χ2n) is 5.51. The van der Waals surface area contributed by atoms with Gasteiger partial charge in [0.05, 0.1) is 0 Å². The van der Waals surface area contributed by atoms with Crippen molar-refractivity contribution in [2.24, 2.45) is 0 Å². The Hall–Kier alpha value is -1.84. The minimum Gasteiger partial charge on any atom is -0.368 e. The molecule has 3 heteroatoms. The summed E-state index contributed by atoms with van der Waals surface area (Å²) in [7, 11) is 0. The fraction of sp³-hybridized carbons (Fsp3) is 0.222. The first kappa shape index (κ1) is 12.9. The Morgan fingerprint density at radius 3 is 2.86 bits per heavy atom. The van der Waals surface area contributed by atoms with E-state index in [1.54, 1.807) is 0 Å². The van der Waals surface area contributed by atoms with E-state index in [-0.39, 0.29) is 0 Å². The van der Waals surface area contributed by atoms with Crippen LogP contribution in [0.3, 0.4) is 0 Å². The molecule has 0 bridgehead atoms. The summed E-state index contributed by atoms with van der Waals surface area (Å²) in [6, 6.07) is 20.2. The first-order valence-electron chi connectivity index (χ1n) is 7.41. The molecule has 1 aliphatic rings. The van der Waals surface area contributed by atoms with Crippen molar-refractivity contribution in [3.8, 4) is 0 Å². The second kappa shape index (κ2) is 5.51. The Morgan fingerprint density at radius 2 is 1.95 bits per heavy atom. The van der Waals surface area contributed by atoms with Gasteiger partial charge in [-0.25, -0.2) is 0 Å². The van der Waals surface area contributed by atoms with E-state index < -0.39 is 0 Å². The first-order valence-corrected chi connectivity index (χ1v) is 8.29. The van der Waals surface area contributed by atoms with Gasteiger partial charge in [0.25, 0.3) is 0 Å². The average Bonchev–Trinajstić information content (AvgIpc) is 3.03. The zero-order chi connectivity index (χ0) is 14.1. The lowest BCUT2D eigenvalue weighted by Gasteiger charge is -2.35. The van der Waals surface area contributed by atoms with Gasteiger partial charge in [0.15, 0.2) is 0 Å². The van der Waals surface area contributed by atoms with Crippen LogP contribution in [0.15, 0.2) is 60.0 Å². The van der Waals surface area contributed by atoms with Crippen LogP contribution >= 0.6 is 11.3 Å². The minimum absolute atomic E-state index is 0.415. The molecule has 106 valence electrons. The summed E-state index contributed by atoms with van der Waals surface area (Å²) in [6.45, 7) is 3.12. The summed E-state index contributed by atoms with van der Waals surface area (Å²) in [5.41, 5.74) is 2.71.